The van der Waals surface area contributed by atoms with Crippen molar-refractivity contribution in [1.29, 1.82) is 0 Å². The number of halogens is 4. The third-order valence-electron chi connectivity index (χ3n) is 3.87. The van der Waals surface area contributed by atoms with Gasteiger partial charge in [0.1, 0.15) is 23.5 Å². The summed E-state index contributed by atoms with van der Waals surface area (Å²) in [5.41, 5.74) is 2.20. The van der Waals surface area contributed by atoms with Gasteiger partial charge in [0.25, 0.3) is 0 Å². The van der Waals surface area contributed by atoms with Crippen LogP contribution < -0.4 is 9.47 Å². The molecule has 0 aliphatic carbocycles. The summed E-state index contributed by atoms with van der Waals surface area (Å²) in [6.07, 6.45) is 5.85. The molecule has 2 rings (SSSR count). The standard InChI is InChI=1S/C22H23Cl4NO3/c1-2-10-30-27-15-17-7-5-16(6-8-17)4-3-11-29-22-19(23)13-18(14-20(22)24)28-12-9-21(25)26/h5-9,13-15H,2-4,10-12H2,1H3. The molecule has 0 radical (unpaired) electrons. The largest absolute Gasteiger partial charge is 0.490 e. The number of aryl methyl sites for hydroxylation is 1. The van der Waals surface area contributed by atoms with E-state index in [1.807, 2.05) is 19.1 Å². The van der Waals surface area contributed by atoms with Gasteiger partial charge in [-0.3, -0.25) is 0 Å². The Morgan fingerprint density at radius 2 is 1.70 bits per heavy atom. The Bertz CT molecular complexity index is 827. The van der Waals surface area contributed by atoms with Gasteiger partial charge in [0.15, 0.2) is 5.75 Å². The molecule has 0 aliphatic rings. The fourth-order valence-electron chi connectivity index (χ4n) is 2.42. The summed E-state index contributed by atoms with van der Waals surface area (Å²) < 4.78 is 11.4. The van der Waals surface area contributed by atoms with Crippen LogP contribution in [0, 0.1) is 0 Å². The van der Waals surface area contributed by atoms with Crippen molar-refractivity contribution in [2.45, 2.75) is 26.2 Å². The lowest BCUT2D eigenvalue weighted by atomic mass is 10.1. The topological polar surface area (TPSA) is 40.0 Å². The van der Waals surface area contributed by atoms with Gasteiger partial charge >= 0.3 is 0 Å². The zero-order valence-electron chi connectivity index (χ0n) is 16.5. The number of ether oxygens (including phenoxy) is 2. The third kappa shape index (κ3) is 9.05. The number of oxime groups is 1. The predicted molar refractivity (Wildman–Crippen MR) is 126 cm³/mol. The summed E-state index contributed by atoms with van der Waals surface area (Å²) in [7, 11) is 0. The number of nitrogens with zero attached hydrogens (tertiary/aromatic N) is 1. The Morgan fingerprint density at radius 3 is 2.33 bits per heavy atom. The van der Waals surface area contributed by atoms with Gasteiger partial charge < -0.3 is 14.3 Å². The molecule has 0 fully saturated rings. The number of benzene rings is 2. The number of hydrogen-bond acceptors (Lipinski definition) is 4. The molecular formula is C22H23Cl4NO3. The van der Waals surface area contributed by atoms with Crippen LogP contribution in [-0.4, -0.2) is 26.0 Å². The van der Waals surface area contributed by atoms with Crippen LogP contribution in [0.3, 0.4) is 0 Å². The first-order chi connectivity index (χ1) is 14.5. The summed E-state index contributed by atoms with van der Waals surface area (Å²) in [4.78, 5) is 5.10. The minimum atomic E-state index is 0.135. The van der Waals surface area contributed by atoms with Gasteiger partial charge in [-0.25, -0.2) is 0 Å². The van der Waals surface area contributed by atoms with E-state index in [0.717, 1.165) is 24.8 Å². The highest BCUT2D eigenvalue weighted by Gasteiger charge is 2.10. The van der Waals surface area contributed by atoms with Gasteiger partial charge in [-0.1, -0.05) is 82.7 Å². The van der Waals surface area contributed by atoms with Gasteiger partial charge in [0.05, 0.1) is 22.9 Å². The van der Waals surface area contributed by atoms with Gasteiger partial charge in [-0.05, 0) is 36.5 Å². The van der Waals surface area contributed by atoms with Crippen molar-refractivity contribution < 1.29 is 14.3 Å². The summed E-state index contributed by atoms with van der Waals surface area (Å²) in [5.74, 6) is 0.946. The van der Waals surface area contributed by atoms with Gasteiger partial charge in [0.2, 0.25) is 0 Å². The molecule has 30 heavy (non-hydrogen) atoms. The van der Waals surface area contributed by atoms with Crippen LogP contribution in [0.25, 0.3) is 0 Å². The van der Waals surface area contributed by atoms with E-state index in [1.54, 1.807) is 18.3 Å². The molecule has 0 heterocycles. The summed E-state index contributed by atoms with van der Waals surface area (Å²) in [6, 6.07) is 11.4. The molecule has 0 spiro atoms. The fraction of sp³-hybridized carbons (Fsp3) is 0.318. The van der Waals surface area contributed by atoms with Crippen molar-refractivity contribution in [3.05, 3.63) is 68.1 Å². The molecule has 0 bridgehead atoms. The fourth-order valence-corrected chi connectivity index (χ4v) is 3.12. The monoisotopic (exact) mass is 489 g/mol. The lowest BCUT2D eigenvalue weighted by molar-refractivity contribution is 0.146. The minimum Gasteiger partial charge on any atom is -0.490 e. The highest BCUT2D eigenvalue weighted by atomic mass is 35.5. The SMILES string of the molecule is CCCON=Cc1ccc(CCCOc2c(Cl)cc(OCC=C(Cl)Cl)cc2Cl)cc1. The van der Waals surface area contributed by atoms with Crippen molar-refractivity contribution in [1.82, 2.24) is 0 Å². The molecule has 0 aromatic heterocycles. The zero-order chi connectivity index (χ0) is 21.8. The van der Waals surface area contributed by atoms with E-state index in [0.29, 0.717) is 34.8 Å². The summed E-state index contributed by atoms with van der Waals surface area (Å²) >= 11 is 23.6. The summed E-state index contributed by atoms with van der Waals surface area (Å²) in [5, 5.41) is 4.69. The van der Waals surface area contributed by atoms with Crippen molar-refractivity contribution in [3.8, 4) is 11.5 Å². The lowest BCUT2D eigenvalue weighted by Gasteiger charge is -2.12. The third-order valence-corrected chi connectivity index (χ3v) is 4.74. The van der Waals surface area contributed by atoms with Crippen LogP contribution in [0.15, 0.2) is 52.1 Å². The molecule has 0 saturated heterocycles. The molecule has 2 aromatic carbocycles. The summed E-state index contributed by atoms with van der Waals surface area (Å²) in [6.45, 7) is 3.36. The maximum atomic E-state index is 6.27. The van der Waals surface area contributed by atoms with E-state index in [4.69, 9.17) is 60.7 Å². The molecule has 0 amide bonds. The lowest BCUT2D eigenvalue weighted by Crippen LogP contribution is -2.01. The number of hydrogen-bond donors (Lipinski definition) is 0. The molecule has 0 saturated carbocycles. The average molecular weight is 491 g/mol. The molecule has 2 aromatic rings. The molecule has 4 nitrogen and oxygen atoms in total. The van der Waals surface area contributed by atoms with Crippen LogP contribution in [0.4, 0.5) is 0 Å². The maximum absolute atomic E-state index is 6.27. The first-order valence-corrected chi connectivity index (χ1v) is 11.0. The normalized spacial score (nSPS) is 10.8. The van der Waals surface area contributed by atoms with E-state index >= 15 is 0 Å². The van der Waals surface area contributed by atoms with Crippen LogP contribution in [0.1, 0.15) is 30.9 Å². The molecule has 8 heteroatoms. The molecule has 0 atom stereocenters. The van der Waals surface area contributed by atoms with Crippen molar-refractivity contribution >= 4 is 52.6 Å². The average Bonchev–Trinajstić information content (AvgIpc) is 2.71. The van der Waals surface area contributed by atoms with Crippen LogP contribution in [0.5, 0.6) is 11.5 Å². The number of rotatable bonds is 12. The van der Waals surface area contributed by atoms with E-state index in [9.17, 15) is 0 Å². The van der Waals surface area contributed by atoms with E-state index in [1.165, 1.54) is 11.6 Å². The first-order valence-electron chi connectivity index (χ1n) is 9.49. The Kier molecular flexibility index (Phi) is 11.2. The van der Waals surface area contributed by atoms with Crippen LogP contribution >= 0.6 is 46.4 Å². The second-order valence-electron chi connectivity index (χ2n) is 6.28. The van der Waals surface area contributed by atoms with Crippen molar-refractivity contribution in [2.75, 3.05) is 19.8 Å². The molecule has 0 unspecified atom stereocenters. The Balaban J connectivity index is 1.79. The molecule has 0 N–H and O–H groups in total. The second kappa shape index (κ2) is 13.7. The smallest absolute Gasteiger partial charge is 0.156 e. The Morgan fingerprint density at radius 1 is 1.00 bits per heavy atom. The molecular weight excluding hydrogens is 468 g/mol. The van der Waals surface area contributed by atoms with E-state index < -0.39 is 0 Å². The minimum absolute atomic E-state index is 0.135. The van der Waals surface area contributed by atoms with Crippen molar-refractivity contribution in [2.24, 2.45) is 5.16 Å². The second-order valence-corrected chi connectivity index (χ2v) is 8.10. The highest BCUT2D eigenvalue weighted by molar-refractivity contribution is 6.55. The highest BCUT2D eigenvalue weighted by Crippen LogP contribution is 2.37. The van der Waals surface area contributed by atoms with Gasteiger partial charge in [-0.2, -0.15) is 0 Å². The maximum Gasteiger partial charge on any atom is 0.156 e. The van der Waals surface area contributed by atoms with E-state index in [2.05, 4.69) is 17.3 Å². The van der Waals surface area contributed by atoms with Crippen LogP contribution in [0.2, 0.25) is 10.0 Å². The van der Waals surface area contributed by atoms with Gasteiger partial charge in [0, 0.05) is 12.1 Å². The van der Waals surface area contributed by atoms with Crippen molar-refractivity contribution in [3.63, 3.8) is 0 Å². The Hall–Kier alpha value is -1.59. The first kappa shape index (κ1) is 24.7. The van der Waals surface area contributed by atoms with E-state index in [-0.39, 0.29) is 11.1 Å². The zero-order valence-corrected chi connectivity index (χ0v) is 19.6. The quantitative estimate of drug-likeness (QED) is 0.176. The van der Waals surface area contributed by atoms with Gasteiger partial charge in [-0.15, -0.1) is 0 Å². The molecule has 162 valence electrons. The van der Waals surface area contributed by atoms with Crippen LogP contribution in [-0.2, 0) is 11.3 Å². The molecule has 0 aliphatic heterocycles. The predicted octanol–water partition coefficient (Wildman–Crippen LogP) is 7.46. The Labute approximate surface area is 197 Å².